The van der Waals surface area contributed by atoms with Gasteiger partial charge in [-0.05, 0) is 47.9 Å². The molecule has 2 aromatic rings. The van der Waals surface area contributed by atoms with Crippen molar-refractivity contribution in [3.8, 4) is 11.1 Å². The molecule has 0 aliphatic heterocycles. The number of halogens is 3. The molecule has 1 atom stereocenters. The molecule has 0 fully saturated rings. The van der Waals surface area contributed by atoms with Crippen LogP contribution in [0.4, 0.5) is 4.39 Å². The molecule has 2 N–H and O–H groups in total. The zero-order valence-corrected chi connectivity index (χ0v) is 21.5. The number of benzene rings is 2. The summed E-state index contributed by atoms with van der Waals surface area (Å²) in [5.74, 6) is -5.28. The molecule has 2 aromatic carbocycles. The lowest BCUT2D eigenvalue weighted by atomic mass is 10.0. The first kappa shape index (κ1) is 30.6. The van der Waals surface area contributed by atoms with Crippen molar-refractivity contribution in [3.05, 3.63) is 58.9 Å². The topological polar surface area (TPSA) is 149 Å². The van der Waals surface area contributed by atoms with Gasteiger partial charge in [0.15, 0.2) is 6.10 Å². The number of ether oxygens (including phenoxy) is 3. The molecule has 1 amide bonds. The van der Waals surface area contributed by atoms with E-state index < -0.39 is 60.7 Å². The molecule has 0 radical (unpaired) electrons. The van der Waals surface area contributed by atoms with Crippen molar-refractivity contribution in [1.82, 2.24) is 10.4 Å². The van der Waals surface area contributed by atoms with E-state index in [0.717, 1.165) is 5.01 Å². The monoisotopic (exact) mass is 572 g/mol. The van der Waals surface area contributed by atoms with Gasteiger partial charge in [0.2, 0.25) is 0 Å². The first-order valence-electron chi connectivity index (χ1n) is 11.0. The number of hydrogen-bond donors (Lipinski definition) is 2. The minimum absolute atomic E-state index is 0.0530. The van der Waals surface area contributed by atoms with Crippen LogP contribution in [0.2, 0.25) is 5.02 Å². The van der Waals surface area contributed by atoms with Gasteiger partial charge in [0.1, 0.15) is 19.0 Å². The van der Waals surface area contributed by atoms with Crippen molar-refractivity contribution >= 4 is 52.3 Å². The van der Waals surface area contributed by atoms with Gasteiger partial charge >= 0.3 is 29.1 Å². The van der Waals surface area contributed by atoms with Gasteiger partial charge in [0.05, 0.1) is 13.2 Å². The molecule has 0 saturated carbocycles. The molecule has 0 aromatic heterocycles. The highest BCUT2D eigenvalue weighted by Crippen LogP contribution is 2.26. The van der Waals surface area contributed by atoms with Crippen molar-refractivity contribution in [2.45, 2.75) is 19.6 Å². The van der Waals surface area contributed by atoms with Crippen LogP contribution in [0, 0.1) is 5.82 Å². The van der Waals surface area contributed by atoms with Crippen molar-refractivity contribution in [2.75, 3.05) is 26.4 Å². The molecule has 0 saturated heterocycles. The summed E-state index contributed by atoms with van der Waals surface area (Å²) in [6.45, 7) is -0.130. The minimum atomic E-state index is -1.80. The Labute approximate surface area is 226 Å². The third-order valence-corrected chi connectivity index (χ3v) is 5.06. The second kappa shape index (κ2) is 15.0. The molecule has 0 aliphatic carbocycles. The van der Waals surface area contributed by atoms with Crippen LogP contribution in [0.1, 0.15) is 12.5 Å². The molecule has 0 unspecified atom stereocenters. The number of nitrogens with one attached hydrogen (secondary N) is 1. The molecule has 14 heteroatoms. The number of aliphatic hydroxyl groups is 1. The third kappa shape index (κ3) is 9.71. The number of nitrogens with zero attached hydrogens (tertiary/aromatic N) is 1. The number of hydrogen-bond acceptors (Lipinski definition) is 10. The van der Waals surface area contributed by atoms with Crippen molar-refractivity contribution in [2.24, 2.45) is 0 Å². The highest BCUT2D eigenvalue weighted by Gasteiger charge is 2.25. The van der Waals surface area contributed by atoms with Gasteiger partial charge in [-0.1, -0.05) is 35.9 Å². The standard InChI is InChI=1S/C24H23Cl2FN2O9/c1-2-36-24(35)21(32)28-29(13-19(30)22(33)37-9-10-38-23(34)20(26)31)12-14-3-5-15(6-4-14)17-11-16(25)7-8-18(17)27/h3-8,11,19,30H,2,9-10,12-13H2,1H3,(H,28,32)/t19-/m1/s1. The lowest BCUT2D eigenvalue weighted by molar-refractivity contribution is -0.162. The van der Waals surface area contributed by atoms with Crippen molar-refractivity contribution in [1.29, 1.82) is 0 Å². The maximum Gasteiger partial charge on any atom is 0.398 e. The van der Waals surface area contributed by atoms with Gasteiger partial charge in [0.25, 0.3) is 0 Å². The Bertz CT molecular complexity index is 1180. The Kier molecular flexibility index (Phi) is 12.1. The quantitative estimate of drug-likeness (QED) is 0.0961. The molecule has 0 heterocycles. The number of aliphatic hydroxyl groups excluding tert-OH is 1. The zero-order chi connectivity index (χ0) is 28.2. The fraction of sp³-hybridized carbons (Fsp3) is 0.292. The van der Waals surface area contributed by atoms with Crippen LogP contribution >= 0.6 is 23.2 Å². The predicted molar refractivity (Wildman–Crippen MR) is 131 cm³/mol. The van der Waals surface area contributed by atoms with Gasteiger partial charge in [-0.3, -0.25) is 15.0 Å². The Balaban J connectivity index is 2.08. The normalized spacial score (nSPS) is 11.4. The predicted octanol–water partition coefficient (Wildman–Crippen LogP) is 1.76. The van der Waals surface area contributed by atoms with E-state index in [1.807, 2.05) is 0 Å². The largest absolute Gasteiger partial charge is 0.460 e. The summed E-state index contributed by atoms with van der Waals surface area (Å²) in [5.41, 5.74) is 3.60. The summed E-state index contributed by atoms with van der Waals surface area (Å²) in [7, 11) is 0. The highest BCUT2D eigenvalue weighted by atomic mass is 35.5. The van der Waals surface area contributed by atoms with E-state index in [2.05, 4.69) is 14.9 Å². The van der Waals surface area contributed by atoms with E-state index in [0.29, 0.717) is 16.1 Å². The maximum atomic E-state index is 14.2. The van der Waals surface area contributed by atoms with Crippen LogP contribution in [0.3, 0.4) is 0 Å². The SMILES string of the molecule is CCOC(=O)C(=O)NN(Cc1ccc(-c2cc(Cl)ccc2F)cc1)C[C@@H](O)C(=O)OCCOC(=O)C(=O)Cl. The van der Waals surface area contributed by atoms with Gasteiger partial charge < -0.3 is 19.3 Å². The molecule has 204 valence electrons. The van der Waals surface area contributed by atoms with Crippen LogP contribution in [0.5, 0.6) is 0 Å². The van der Waals surface area contributed by atoms with E-state index in [-0.39, 0.29) is 18.7 Å². The number of carbonyl (C=O) groups is 5. The van der Waals surface area contributed by atoms with Crippen LogP contribution in [0.15, 0.2) is 42.5 Å². The Morgan fingerprint density at radius 1 is 1.00 bits per heavy atom. The van der Waals surface area contributed by atoms with E-state index in [1.165, 1.54) is 25.1 Å². The Morgan fingerprint density at radius 2 is 1.66 bits per heavy atom. The summed E-state index contributed by atoms with van der Waals surface area (Å²) in [5, 5.41) is 10.3. The summed E-state index contributed by atoms with van der Waals surface area (Å²) in [6.07, 6.45) is -1.80. The summed E-state index contributed by atoms with van der Waals surface area (Å²) < 4.78 is 28.0. The van der Waals surface area contributed by atoms with E-state index in [1.54, 1.807) is 24.3 Å². The number of carbonyl (C=O) groups excluding carboxylic acids is 5. The van der Waals surface area contributed by atoms with E-state index in [9.17, 15) is 33.5 Å². The van der Waals surface area contributed by atoms with Gasteiger partial charge in [0, 0.05) is 17.1 Å². The molecule has 2 rings (SSSR count). The van der Waals surface area contributed by atoms with Crippen LogP contribution < -0.4 is 5.43 Å². The fourth-order valence-electron chi connectivity index (χ4n) is 2.98. The molecule has 0 spiro atoms. The van der Waals surface area contributed by atoms with Crippen LogP contribution in [-0.2, 0) is 44.7 Å². The minimum Gasteiger partial charge on any atom is -0.460 e. The zero-order valence-electron chi connectivity index (χ0n) is 19.9. The lowest BCUT2D eigenvalue weighted by Crippen LogP contribution is -2.50. The molecule has 0 aliphatic rings. The number of rotatable bonds is 12. The number of esters is 3. The van der Waals surface area contributed by atoms with E-state index >= 15 is 0 Å². The van der Waals surface area contributed by atoms with Crippen LogP contribution in [-0.4, -0.2) is 71.6 Å². The molecular weight excluding hydrogens is 550 g/mol. The second-order valence-electron chi connectivity index (χ2n) is 7.46. The molecule has 38 heavy (non-hydrogen) atoms. The fourth-order valence-corrected chi connectivity index (χ4v) is 3.20. The smallest absolute Gasteiger partial charge is 0.398 e. The Morgan fingerprint density at radius 3 is 2.29 bits per heavy atom. The second-order valence-corrected chi connectivity index (χ2v) is 8.24. The van der Waals surface area contributed by atoms with Crippen molar-refractivity contribution < 1.29 is 47.7 Å². The van der Waals surface area contributed by atoms with Gasteiger partial charge in [-0.25, -0.2) is 23.8 Å². The molecule has 0 bridgehead atoms. The van der Waals surface area contributed by atoms with E-state index in [4.69, 9.17) is 27.9 Å². The third-order valence-electron chi connectivity index (χ3n) is 4.67. The maximum absolute atomic E-state index is 14.2. The Hall–Kier alpha value is -3.58. The average Bonchev–Trinajstić information content (AvgIpc) is 2.88. The first-order valence-corrected chi connectivity index (χ1v) is 11.8. The highest BCUT2D eigenvalue weighted by molar-refractivity contribution is 6.80. The molecule has 11 nitrogen and oxygen atoms in total. The summed E-state index contributed by atoms with van der Waals surface area (Å²) in [4.78, 5) is 57.6. The molecular formula is C24H23Cl2FN2O9. The van der Waals surface area contributed by atoms with Crippen molar-refractivity contribution in [3.63, 3.8) is 0 Å². The summed E-state index contributed by atoms with van der Waals surface area (Å²) in [6, 6.07) is 10.5. The summed E-state index contributed by atoms with van der Waals surface area (Å²) >= 11 is 10.9. The average molecular weight is 573 g/mol. The van der Waals surface area contributed by atoms with Gasteiger partial charge in [-0.15, -0.1) is 0 Å². The lowest BCUT2D eigenvalue weighted by Gasteiger charge is -2.24. The number of amides is 1. The number of hydrazine groups is 1. The van der Waals surface area contributed by atoms with Crippen LogP contribution in [0.25, 0.3) is 11.1 Å². The van der Waals surface area contributed by atoms with Gasteiger partial charge in [-0.2, -0.15) is 0 Å². The first-order chi connectivity index (χ1) is 18.0.